The fourth-order valence-corrected chi connectivity index (χ4v) is 3.32. The SMILES string of the molecule is CCNC(=NCC1(CCOC)CC1)N1CCN(Cc2ccon2)CC1. The van der Waals surface area contributed by atoms with E-state index in [-0.39, 0.29) is 0 Å². The zero-order chi connectivity index (χ0) is 17.5. The van der Waals surface area contributed by atoms with Crippen LogP contribution >= 0.6 is 0 Å². The van der Waals surface area contributed by atoms with Crippen molar-refractivity contribution in [2.75, 3.05) is 53.0 Å². The van der Waals surface area contributed by atoms with Gasteiger partial charge in [-0.15, -0.1) is 0 Å². The summed E-state index contributed by atoms with van der Waals surface area (Å²) in [6, 6.07) is 1.94. The van der Waals surface area contributed by atoms with E-state index in [0.29, 0.717) is 5.41 Å². The minimum absolute atomic E-state index is 0.394. The minimum Gasteiger partial charge on any atom is -0.385 e. The van der Waals surface area contributed by atoms with Crippen molar-refractivity contribution >= 4 is 5.96 Å². The molecule has 0 radical (unpaired) electrons. The maximum Gasteiger partial charge on any atom is 0.194 e. The van der Waals surface area contributed by atoms with Crippen molar-refractivity contribution in [1.29, 1.82) is 0 Å². The van der Waals surface area contributed by atoms with E-state index < -0.39 is 0 Å². The predicted octanol–water partition coefficient (Wildman–Crippen LogP) is 1.57. The maximum absolute atomic E-state index is 5.25. The summed E-state index contributed by atoms with van der Waals surface area (Å²) in [6.45, 7) is 9.68. The molecule has 1 saturated heterocycles. The Morgan fingerprint density at radius 1 is 1.36 bits per heavy atom. The molecule has 1 saturated carbocycles. The van der Waals surface area contributed by atoms with Crippen LogP contribution in [0.3, 0.4) is 0 Å². The summed E-state index contributed by atoms with van der Waals surface area (Å²) >= 11 is 0. The van der Waals surface area contributed by atoms with E-state index in [9.17, 15) is 0 Å². The first-order valence-electron chi connectivity index (χ1n) is 9.38. The number of methoxy groups -OCH3 is 1. The first-order chi connectivity index (χ1) is 12.2. The van der Waals surface area contributed by atoms with Gasteiger partial charge in [0.1, 0.15) is 6.26 Å². The van der Waals surface area contributed by atoms with Crippen LogP contribution in [-0.4, -0.2) is 73.9 Å². The molecule has 2 heterocycles. The average Bonchev–Trinajstić information content (AvgIpc) is 3.22. The number of rotatable bonds is 8. The van der Waals surface area contributed by atoms with Crippen LogP contribution in [-0.2, 0) is 11.3 Å². The number of piperazine rings is 1. The highest BCUT2D eigenvalue weighted by atomic mass is 16.5. The average molecular weight is 349 g/mol. The molecule has 0 atom stereocenters. The summed E-state index contributed by atoms with van der Waals surface area (Å²) in [7, 11) is 1.78. The molecule has 3 rings (SSSR count). The van der Waals surface area contributed by atoms with Gasteiger partial charge in [0.2, 0.25) is 0 Å². The Hall–Kier alpha value is -1.60. The Labute approximate surface area is 150 Å². The van der Waals surface area contributed by atoms with Gasteiger partial charge in [0.15, 0.2) is 5.96 Å². The zero-order valence-electron chi connectivity index (χ0n) is 15.5. The van der Waals surface area contributed by atoms with Crippen molar-refractivity contribution in [3.63, 3.8) is 0 Å². The Balaban J connectivity index is 1.50. The molecule has 0 amide bonds. The molecule has 0 aromatic carbocycles. The van der Waals surface area contributed by atoms with Gasteiger partial charge in [0.05, 0.1) is 5.69 Å². The Bertz CT molecular complexity index is 534. The van der Waals surface area contributed by atoms with Gasteiger partial charge in [-0.3, -0.25) is 9.89 Å². The van der Waals surface area contributed by atoms with Gasteiger partial charge in [-0.05, 0) is 31.6 Å². The third-order valence-corrected chi connectivity index (χ3v) is 5.24. The molecule has 1 aromatic heterocycles. The van der Waals surface area contributed by atoms with Crippen LogP contribution in [0.25, 0.3) is 0 Å². The lowest BCUT2D eigenvalue weighted by Gasteiger charge is -2.36. The van der Waals surface area contributed by atoms with Gasteiger partial charge in [0, 0.05) is 65.6 Å². The lowest BCUT2D eigenvalue weighted by atomic mass is 10.0. The zero-order valence-corrected chi connectivity index (χ0v) is 15.5. The first-order valence-corrected chi connectivity index (χ1v) is 9.38. The normalized spacial score (nSPS) is 20.7. The van der Waals surface area contributed by atoms with E-state index in [0.717, 1.165) is 70.5 Å². The monoisotopic (exact) mass is 349 g/mol. The van der Waals surface area contributed by atoms with Crippen molar-refractivity contribution in [3.8, 4) is 0 Å². The van der Waals surface area contributed by atoms with Crippen LogP contribution in [0.2, 0.25) is 0 Å². The van der Waals surface area contributed by atoms with Crippen LogP contribution in [0.5, 0.6) is 0 Å². The molecule has 1 N–H and O–H groups in total. The van der Waals surface area contributed by atoms with Gasteiger partial charge < -0.3 is 19.5 Å². The van der Waals surface area contributed by atoms with E-state index in [1.165, 1.54) is 12.8 Å². The number of hydrogen-bond donors (Lipinski definition) is 1. The molecule has 2 fully saturated rings. The lowest BCUT2D eigenvalue weighted by molar-refractivity contribution is 0.167. The lowest BCUT2D eigenvalue weighted by Crippen LogP contribution is -2.52. The Morgan fingerprint density at radius 3 is 2.76 bits per heavy atom. The topological polar surface area (TPSA) is 66.1 Å². The molecule has 25 heavy (non-hydrogen) atoms. The van der Waals surface area contributed by atoms with Gasteiger partial charge in [-0.25, -0.2) is 0 Å². The van der Waals surface area contributed by atoms with Crippen LogP contribution < -0.4 is 5.32 Å². The fourth-order valence-electron chi connectivity index (χ4n) is 3.32. The number of aliphatic imine (C=N–C) groups is 1. The molecule has 0 bridgehead atoms. The maximum atomic E-state index is 5.25. The number of hydrogen-bond acceptors (Lipinski definition) is 5. The second kappa shape index (κ2) is 8.67. The number of aromatic nitrogens is 1. The molecule has 7 nitrogen and oxygen atoms in total. The highest BCUT2D eigenvalue weighted by Crippen LogP contribution is 2.49. The summed E-state index contributed by atoms with van der Waals surface area (Å²) in [5.41, 5.74) is 1.40. The molecule has 2 aliphatic rings. The molecule has 1 aromatic rings. The van der Waals surface area contributed by atoms with Gasteiger partial charge in [-0.1, -0.05) is 5.16 Å². The predicted molar refractivity (Wildman–Crippen MR) is 97.5 cm³/mol. The van der Waals surface area contributed by atoms with Gasteiger partial charge >= 0.3 is 0 Å². The molecule has 1 aliphatic heterocycles. The van der Waals surface area contributed by atoms with E-state index in [1.807, 2.05) is 6.07 Å². The van der Waals surface area contributed by atoms with Crippen molar-refractivity contribution in [2.45, 2.75) is 32.7 Å². The van der Waals surface area contributed by atoms with Crippen LogP contribution in [0.4, 0.5) is 0 Å². The standard InChI is InChI=1S/C18H31N5O2/c1-3-19-17(20-15-18(5-6-18)7-13-24-2)23-10-8-22(9-11-23)14-16-4-12-25-21-16/h4,12H,3,5-11,13-15H2,1-2H3,(H,19,20). The molecular formula is C18H31N5O2. The van der Waals surface area contributed by atoms with E-state index in [4.69, 9.17) is 14.3 Å². The summed E-state index contributed by atoms with van der Waals surface area (Å²) in [5.74, 6) is 1.06. The first kappa shape index (κ1) is 18.2. The molecule has 140 valence electrons. The highest BCUT2D eigenvalue weighted by Gasteiger charge is 2.42. The van der Waals surface area contributed by atoms with Crippen molar-refractivity contribution in [3.05, 3.63) is 18.0 Å². The largest absolute Gasteiger partial charge is 0.385 e. The highest BCUT2D eigenvalue weighted by molar-refractivity contribution is 5.80. The van der Waals surface area contributed by atoms with Gasteiger partial charge in [0.25, 0.3) is 0 Å². The summed E-state index contributed by atoms with van der Waals surface area (Å²) in [6.07, 6.45) is 5.33. The van der Waals surface area contributed by atoms with E-state index >= 15 is 0 Å². The minimum atomic E-state index is 0.394. The number of ether oxygens (including phenoxy) is 1. The fraction of sp³-hybridized carbons (Fsp3) is 0.778. The summed E-state index contributed by atoms with van der Waals surface area (Å²) < 4.78 is 10.2. The smallest absolute Gasteiger partial charge is 0.194 e. The third-order valence-electron chi connectivity index (χ3n) is 5.24. The Morgan fingerprint density at radius 2 is 2.16 bits per heavy atom. The van der Waals surface area contributed by atoms with E-state index in [1.54, 1.807) is 13.4 Å². The van der Waals surface area contributed by atoms with Crippen molar-refractivity contribution < 1.29 is 9.26 Å². The van der Waals surface area contributed by atoms with Gasteiger partial charge in [-0.2, -0.15) is 0 Å². The second-order valence-electron chi connectivity index (χ2n) is 7.17. The number of guanidine groups is 1. The van der Waals surface area contributed by atoms with Crippen LogP contribution in [0.15, 0.2) is 21.8 Å². The molecular weight excluding hydrogens is 318 g/mol. The molecule has 0 unspecified atom stereocenters. The quantitative estimate of drug-likeness (QED) is 0.568. The second-order valence-corrected chi connectivity index (χ2v) is 7.17. The van der Waals surface area contributed by atoms with Crippen molar-refractivity contribution in [2.24, 2.45) is 10.4 Å². The third kappa shape index (κ3) is 5.19. The summed E-state index contributed by atoms with van der Waals surface area (Å²) in [5, 5.41) is 7.47. The number of nitrogens with one attached hydrogen (secondary N) is 1. The van der Waals surface area contributed by atoms with Crippen molar-refractivity contribution in [1.82, 2.24) is 20.3 Å². The van der Waals surface area contributed by atoms with Crippen LogP contribution in [0, 0.1) is 5.41 Å². The number of nitrogens with zero attached hydrogens (tertiary/aromatic N) is 4. The Kier molecular flexibility index (Phi) is 6.31. The molecule has 7 heteroatoms. The molecule has 0 spiro atoms. The molecule has 1 aliphatic carbocycles. The van der Waals surface area contributed by atoms with E-state index in [2.05, 4.69) is 27.2 Å². The van der Waals surface area contributed by atoms with Crippen LogP contribution in [0.1, 0.15) is 31.9 Å². The summed E-state index contributed by atoms with van der Waals surface area (Å²) in [4.78, 5) is 9.75.